The molecule has 0 saturated carbocycles. The Kier molecular flexibility index (Phi) is 5.73. The Morgan fingerprint density at radius 2 is 2.06 bits per heavy atom. The Morgan fingerprint density at radius 1 is 1.35 bits per heavy atom. The zero-order chi connectivity index (χ0) is 12.9. The summed E-state index contributed by atoms with van der Waals surface area (Å²) in [5.41, 5.74) is 0. The van der Waals surface area contributed by atoms with Crippen molar-refractivity contribution in [3.63, 3.8) is 0 Å². The van der Waals surface area contributed by atoms with Gasteiger partial charge in [0.05, 0.1) is 0 Å². The number of nitrogens with zero attached hydrogens (tertiary/aromatic N) is 1. The van der Waals surface area contributed by atoms with Crippen molar-refractivity contribution in [3.05, 3.63) is 0 Å². The molecule has 1 rings (SSSR count). The SMILES string of the molecule is CCCC1CN(CCCC(F)(F)F)C(C)CN1. The van der Waals surface area contributed by atoms with Gasteiger partial charge in [0.25, 0.3) is 0 Å². The zero-order valence-corrected chi connectivity index (χ0v) is 10.7. The van der Waals surface area contributed by atoms with Crippen LogP contribution in [0.2, 0.25) is 0 Å². The van der Waals surface area contributed by atoms with Crippen molar-refractivity contribution in [1.82, 2.24) is 10.2 Å². The number of piperazine rings is 1. The van der Waals surface area contributed by atoms with Crippen LogP contribution in [0, 0.1) is 0 Å². The maximum Gasteiger partial charge on any atom is 0.389 e. The van der Waals surface area contributed by atoms with E-state index in [1.54, 1.807) is 0 Å². The number of nitrogens with one attached hydrogen (secondary N) is 1. The molecule has 1 aliphatic heterocycles. The lowest BCUT2D eigenvalue weighted by atomic mass is 10.1. The van der Waals surface area contributed by atoms with Crippen LogP contribution in [0.4, 0.5) is 13.2 Å². The molecule has 2 nitrogen and oxygen atoms in total. The van der Waals surface area contributed by atoms with Gasteiger partial charge in [-0.2, -0.15) is 13.2 Å². The van der Waals surface area contributed by atoms with Crippen molar-refractivity contribution in [2.75, 3.05) is 19.6 Å². The molecule has 1 aliphatic rings. The number of rotatable bonds is 5. The van der Waals surface area contributed by atoms with Crippen LogP contribution in [-0.2, 0) is 0 Å². The van der Waals surface area contributed by atoms with Crippen molar-refractivity contribution >= 4 is 0 Å². The van der Waals surface area contributed by atoms with Crippen LogP contribution >= 0.6 is 0 Å². The molecule has 0 spiro atoms. The molecule has 1 heterocycles. The third kappa shape index (κ3) is 5.73. The average molecular weight is 252 g/mol. The van der Waals surface area contributed by atoms with Crippen LogP contribution in [0.1, 0.15) is 39.5 Å². The lowest BCUT2D eigenvalue weighted by Crippen LogP contribution is -2.55. The molecule has 0 amide bonds. The Hall–Kier alpha value is -0.290. The first-order valence-corrected chi connectivity index (χ1v) is 6.46. The van der Waals surface area contributed by atoms with E-state index >= 15 is 0 Å². The number of halogens is 3. The summed E-state index contributed by atoms with van der Waals surface area (Å²) in [6.45, 7) is 6.53. The van der Waals surface area contributed by atoms with Gasteiger partial charge in [-0.05, 0) is 26.3 Å². The van der Waals surface area contributed by atoms with Gasteiger partial charge in [0.1, 0.15) is 0 Å². The van der Waals surface area contributed by atoms with Crippen LogP contribution in [0.15, 0.2) is 0 Å². The summed E-state index contributed by atoms with van der Waals surface area (Å²) >= 11 is 0. The van der Waals surface area contributed by atoms with E-state index in [2.05, 4.69) is 24.1 Å². The van der Waals surface area contributed by atoms with Gasteiger partial charge >= 0.3 is 6.18 Å². The lowest BCUT2D eigenvalue weighted by Gasteiger charge is -2.39. The zero-order valence-electron chi connectivity index (χ0n) is 10.7. The summed E-state index contributed by atoms with van der Waals surface area (Å²) < 4.78 is 36.2. The number of alkyl halides is 3. The standard InChI is InChI=1S/C12H23F3N2/c1-3-5-11-9-17(10(2)8-16-11)7-4-6-12(13,14)15/h10-11,16H,3-9H2,1-2H3. The summed E-state index contributed by atoms with van der Waals surface area (Å²) in [6.07, 6.45) is -2.25. The summed E-state index contributed by atoms with van der Waals surface area (Å²) in [5.74, 6) is 0. The molecule has 0 aromatic carbocycles. The van der Waals surface area contributed by atoms with Crippen molar-refractivity contribution in [1.29, 1.82) is 0 Å². The van der Waals surface area contributed by atoms with Crippen molar-refractivity contribution in [2.24, 2.45) is 0 Å². The maximum atomic E-state index is 12.1. The van der Waals surface area contributed by atoms with Crippen LogP contribution in [0.25, 0.3) is 0 Å². The first-order valence-electron chi connectivity index (χ1n) is 6.46. The second kappa shape index (κ2) is 6.59. The molecule has 1 saturated heterocycles. The minimum Gasteiger partial charge on any atom is -0.311 e. The van der Waals surface area contributed by atoms with Crippen molar-refractivity contribution < 1.29 is 13.2 Å². The Bertz CT molecular complexity index is 218. The Balaban J connectivity index is 2.29. The molecule has 2 unspecified atom stereocenters. The topological polar surface area (TPSA) is 15.3 Å². The molecule has 0 bridgehead atoms. The molecule has 0 aliphatic carbocycles. The Labute approximate surface area is 102 Å². The van der Waals surface area contributed by atoms with Gasteiger partial charge in [-0.3, -0.25) is 4.90 Å². The van der Waals surface area contributed by atoms with Crippen LogP contribution < -0.4 is 5.32 Å². The normalized spacial score (nSPS) is 27.4. The minimum absolute atomic E-state index is 0.215. The molecule has 0 aromatic heterocycles. The molecule has 2 atom stereocenters. The average Bonchev–Trinajstić information content (AvgIpc) is 2.21. The molecule has 0 radical (unpaired) electrons. The predicted molar refractivity (Wildman–Crippen MR) is 63.0 cm³/mol. The molecule has 102 valence electrons. The van der Waals surface area contributed by atoms with Crippen LogP contribution in [0.5, 0.6) is 0 Å². The van der Waals surface area contributed by atoms with Gasteiger partial charge in [0.2, 0.25) is 0 Å². The van der Waals surface area contributed by atoms with Gasteiger partial charge < -0.3 is 5.32 Å². The third-order valence-corrected chi connectivity index (χ3v) is 3.32. The quantitative estimate of drug-likeness (QED) is 0.809. The van der Waals surface area contributed by atoms with Gasteiger partial charge in [-0.25, -0.2) is 0 Å². The first-order chi connectivity index (χ1) is 7.92. The summed E-state index contributed by atoms with van der Waals surface area (Å²) in [7, 11) is 0. The molecule has 1 N–H and O–H groups in total. The molecule has 1 fully saturated rings. The maximum absolute atomic E-state index is 12.1. The molecular weight excluding hydrogens is 229 g/mol. The molecular formula is C12H23F3N2. The van der Waals surface area contributed by atoms with Gasteiger partial charge in [-0.1, -0.05) is 13.3 Å². The largest absolute Gasteiger partial charge is 0.389 e. The van der Waals surface area contributed by atoms with Crippen LogP contribution in [-0.4, -0.2) is 42.8 Å². The van der Waals surface area contributed by atoms with Crippen LogP contribution in [0.3, 0.4) is 0 Å². The van der Waals surface area contributed by atoms with E-state index in [9.17, 15) is 13.2 Å². The van der Waals surface area contributed by atoms with Gasteiger partial charge in [-0.15, -0.1) is 0 Å². The fourth-order valence-electron chi connectivity index (χ4n) is 2.33. The minimum atomic E-state index is -4.01. The van der Waals surface area contributed by atoms with E-state index in [1.807, 2.05) is 0 Å². The van der Waals surface area contributed by atoms with E-state index < -0.39 is 12.6 Å². The van der Waals surface area contributed by atoms with E-state index in [1.165, 1.54) is 0 Å². The van der Waals surface area contributed by atoms with E-state index in [4.69, 9.17) is 0 Å². The summed E-state index contributed by atoms with van der Waals surface area (Å²) in [6, 6.07) is 0.790. The molecule has 0 aromatic rings. The second-order valence-corrected chi connectivity index (χ2v) is 4.96. The second-order valence-electron chi connectivity index (χ2n) is 4.96. The fraction of sp³-hybridized carbons (Fsp3) is 1.00. The summed E-state index contributed by atoms with van der Waals surface area (Å²) in [5, 5.41) is 3.44. The summed E-state index contributed by atoms with van der Waals surface area (Å²) in [4.78, 5) is 2.18. The predicted octanol–water partition coefficient (Wildman–Crippen LogP) is 2.79. The van der Waals surface area contributed by atoms with Crippen molar-refractivity contribution in [3.8, 4) is 0 Å². The van der Waals surface area contributed by atoms with E-state index in [0.29, 0.717) is 18.6 Å². The first kappa shape index (κ1) is 14.8. The highest BCUT2D eigenvalue weighted by Crippen LogP contribution is 2.22. The molecule has 17 heavy (non-hydrogen) atoms. The monoisotopic (exact) mass is 252 g/mol. The smallest absolute Gasteiger partial charge is 0.311 e. The van der Waals surface area contributed by atoms with Gasteiger partial charge in [0.15, 0.2) is 0 Å². The highest BCUT2D eigenvalue weighted by Gasteiger charge is 2.28. The van der Waals surface area contributed by atoms with E-state index in [-0.39, 0.29) is 6.42 Å². The number of hydrogen-bond acceptors (Lipinski definition) is 2. The Morgan fingerprint density at radius 3 is 2.65 bits per heavy atom. The van der Waals surface area contributed by atoms with Gasteiger partial charge in [0, 0.05) is 31.6 Å². The molecule has 5 heteroatoms. The van der Waals surface area contributed by atoms with Crippen molar-refractivity contribution in [2.45, 2.75) is 57.8 Å². The number of hydrogen-bond donors (Lipinski definition) is 1. The lowest BCUT2D eigenvalue weighted by molar-refractivity contribution is -0.136. The van der Waals surface area contributed by atoms with E-state index in [0.717, 1.165) is 25.9 Å². The fourth-order valence-corrected chi connectivity index (χ4v) is 2.33. The highest BCUT2D eigenvalue weighted by atomic mass is 19.4. The third-order valence-electron chi connectivity index (χ3n) is 3.32. The highest BCUT2D eigenvalue weighted by molar-refractivity contribution is 4.83.